The van der Waals surface area contributed by atoms with E-state index in [4.69, 9.17) is 0 Å². The molecule has 0 amide bonds. The number of allylic oxidation sites excluding steroid dienone is 1. The van der Waals surface area contributed by atoms with Crippen molar-refractivity contribution in [3.05, 3.63) is 84.1 Å². The number of hydrogen-bond acceptors (Lipinski definition) is 2. The largest absolute Gasteiger partial charge is 0.416 e. The summed E-state index contributed by atoms with van der Waals surface area (Å²) in [5.41, 5.74) is 2.38. The predicted octanol–water partition coefficient (Wildman–Crippen LogP) is 4.74. The van der Waals surface area contributed by atoms with Crippen molar-refractivity contribution in [2.24, 2.45) is 0 Å². The van der Waals surface area contributed by atoms with Crippen LogP contribution in [0.5, 0.6) is 0 Å². The van der Waals surface area contributed by atoms with Gasteiger partial charge in [0.1, 0.15) is 5.69 Å². The van der Waals surface area contributed by atoms with Gasteiger partial charge >= 0.3 is 6.18 Å². The molecule has 0 N–H and O–H groups in total. The molecule has 1 aromatic heterocycles. The number of alkyl halides is 3. The van der Waals surface area contributed by atoms with E-state index in [1.165, 1.54) is 12.1 Å². The van der Waals surface area contributed by atoms with Gasteiger partial charge < -0.3 is 0 Å². The number of benzene rings is 2. The number of aromatic nitrogens is 3. The second-order valence-electron chi connectivity index (χ2n) is 5.60. The van der Waals surface area contributed by atoms with Gasteiger partial charge in [0.05, 0.1) is 17.8 Å². The molecule has 1 heterocycles. The van der Waals surface area contributed by atoms with Crippen LogP contribution in [0.1, 0.15) is 16.8 Å². The van der Waals surface area contributed by atoms with Crippen LogP contribution >= 0.6 is 0 Å². The highest BCUT2D eigenvalue weighted by Crippen LogP contribution is 2.31. The third kappa shape index (κ3) is 3.79. The molecule has 0 unspecified atom stereocenters. The Labute approximate surface area is 143 Å². The summed E-state index contributed by atoms with van der Waals surface area (Å²) in [4.78, 5) is 0. The summed E-state index contributed by atoms with van der Waals surface area (Å²) in [5.74, 6) is 0. The van der Waals surface area contributed by atoms with Crippen LogP contribution in [-0.2, 0) is 19.1 Å². The van der Waals surface area contributed by atoms with Crippen molar-refractivity contribution >= 4 is 0 Å². The fourth-order valence-corrected chi connectivity index (χ4v) is 2.60. The highest BCUT2D eigenvalue weighted by molar-refractivity contribution is 5.62. The van der Waals surface area contributed by atoms with Gasteiger partial charge in [0.2, 0.25) is 0 Å². The summed E-state index contributed by atoms with van der Waals surface area (Å²) >= 11 is 0. The molecule has 0 saturated heterocycles. The fourth-order valence-electron chi connectivity index (χ4n) is 2.60. The first kappa shape index (κ1) is 17.0. The molecule has 0 saturated carbocycles. The quantitative estimate of drug-likeness (QED) is 0.627. The zero-order valence-corrected chi connectivity index (χ0v) is 13.4. The van der Waals surface area contributed by atoms with E-state index in [1.54, 1.807) is 10.8 Å². The van der Waals surface area contributed by atoms with Crippen molar-refractivity contribution in [3.63, 3.8) is 0 Å². The summed E-state index contributed by atoms with van der Waals surface area (Å²) < 4.78 is 39.9. The first-order chi connectivity index (χ1) is 12.0. The monoisotopic (exact) mass is 343 g/mol. The van der Waals surface area contributed by atoms with E-state index in [1.807, 2.05) is 30.3 Å². The second kappa shape index (κ2) is 6.93. The molecule has 0 aliphatic heterocycles. The minimum Gasteiger partial charge on any atom is -0.244 e. The van der Waals surface area contributed by atoms with E-state index in [2.05, 4.69) is 16.9 Å². The SMILES string of the molecule is C=CCc1c(-c2ccc(C(F)(F)F)cc2)nnn1Cc1ccccc1. The third-order valence-corrected chi connectivity index (χ3v) is 3.84. The average molecular weight is 343 g/mol. The van der Waals surface area contributed by atoms with Crippen molar-refractivity contribution in [2.45, 2.75) is 19.1 Å². The lowest BCUT2D eigenvalue weighted by molar-refractivity contribution is -0.137. The summed E-state index contributed by atoms with van der Waals surface area (Å²) in [6.45, 7) is 4.29. The maximum absolute atomic E-state index is 12.7. The lowest BCUT2D eigenvalue weighted by Gasteiger charge is -2.08. The molecule has 0 spiro atoms. The first-order valence-electron chi connectivity index (χ1n) is 7.74. The molecule has 3 rings (SSSR count). The Hall–Kier alpha value is -2.89. The standard InChI is InChI=1S/C19H16F3N3/c1-2-6-17-18(15-9-11-16(12-10-15)19(20,21)22)23-24-25(17)13-14-7-4-3-5-8-14/h2-5,7-12H,1,6,13H2. The molecule has 25 heavy (non-hydrogen) atoms. The molecule has 0 bridgehead atoms. The van der Waals surface area contributed by atoms with Gasteiger partial charge in [-0.05, 0) is 17.7 Å². The Balaban J connectivity index is 1.95. The minimum absolute atomic E-state index is 0.524. The van der Waals surface area contributed by atoms with Crippen LogP contribution < -0.4 is 0 Å². The minimum atomic E-state index is -4.35. The van der Waals surface area contributed by atoms with Crippen LogP contribution in [0, 0.1) is 0 Å². The molecule has 6 heteroatoms. The maximum atomic E-state index is 12.7. The van der Waals surface area contributed by atoms with Crippen LogP contribution in [-0.4, -0.2) is 15.0 Å². The zero-order chi connectivity index (χ0) is 17.9. The summed E-state index contributed by atoms with van der Waals surface area (Å²) in [5, 5.41) is 8.35. The van der Waals surface area contributed by atoms with Gasteiger partial charge in [-0.15, -0.1) is 11.7 Å². The van der Waals surface area contributed by atoms with Crippen LogP contribution in [0.3, 0.4) is 0 Å². The van der Waals surface area contributed by atoms with Gasteiger partial charge in [-0.3, -0.25) is 0 Å². The van der Waals surface area contributed by atoms with Crippen LogP contribution in [0.2, 0.25) is 0 Å². The first-order valence-corrected chi connectivity index (χ1v) is 7.74. The van der Waals surface area contributed by atoms with Gasteiger partial charge in [0, 0.05) is 12.0 Å². The third-order valence-electron chi connectivity index (χ3n) is 3.84. The number of hydrogen-bond donors (Lipinski definition) is 0. The average Bonchev–Trinajstić information content (AvgIpc) is 2.98. The van der Waals surface area contributed by atoms with E-state index in [-0.39, 0.29) is 0 Å². The molecular formula is C19H16F3N3. The molecule has 3 nitrogen and oxygen atoms in total. The molecule has 0 atom stereocenters. The van der Waals surface area contributed by atoms with E-state index in [0.717, 1.165) is 23.4 Å². The van der Waals surface area contributed by atoms with Gasteiger partial charge in [-0.25, -0.2) is 4.68 Å². The predicted molar refractivity (Wildman–Crippen MR) is 89.9 cm³/mol. The molecule has 0 aliphatic rings. The fraction of sp³-hybridized carbons (Fsp3) is 0.158. The molecule has 0 radical (unpaired) electrons. The highest BCUT2D eigenvalue weighted by Gasteiger charge is 2.30. The Bertz CT molecular complexity index is 850. The lowest BCUT2D eigenvalue weighted by atomic mass is 10.1. The van der Waals surface area contributed by atoms with E-state index in [0.29, 0.717) is 24.2 Å². The van der Waals surface area contributed by atoms with Crippen molar-refractivity contribution < 1.29 is 13.2 Å². The zero-order valence-electron chi connectivity index (χ0n) is 13.4. The van der Waals surface area contributed by atoms with Gasteiger partial charge in [-0.1, -0.05) is 53.8 Å². The van der Waals surface area contributed by atoms with Gasteiger partial charge in [0.25, 0.3) is 0 Å². The van der Waals surface area contributed by atoms with Crippen molar-refractivity contribution in [3.8, 4) is 11.3 Å². The highest BCUT2D eigenvalue weighted by atomic mass is 19.4. The van der Waals surface area contributed by atoms with Crippen molar-refractivity contribution in [2.75, 3.05) is 0 Å². The normalized spacial score (nSPS) is 11.5. The van der Waals surface area contributed by atoms with E-state index < -0.39 is 11.7 Å². The topological polar surface area (TPSA) is 30.7 Å². The van der Waals surface area contributed by atoms with Crippen molar-refractivity contribution in [1.82, 2.24) is 15.0 Å². The summed E-state index contributed by atoms with van der Waals surface area (Å²) in [6, 6.07) is 14.7. The smallest absolute Gasteiger partial charge is 0.244 e. The molecule has 3 aromatic rings. The van der Waals surface area contributed by atoms with E-state index in [9.17, 15) is 13.2 Å². The number of rotatable bonds is 5. The van der Waals surface area contributed by atoms with Gasteiger partial charge in [-0.2, -0.15) is 13.2 Å². The summed E-state index contributed by atoms with van der Waals surface area (Å²) in [7, 11) is 0. The van der Waals surface area contributed by atoms with Crippen LogP contribution in [0.15, 0.2) is 67.3 Å². The molecule has 2 aromatic carbocycles. The van der Waals surface area contributed by atoms with Crippen molar-refractivity contribution in [1.29, 1.82) is 0 Å². The lowest BCUT2D eigenvalue weighted by Crippen LogP contribution is -2.06. The van der Waals surface area contributed by atoms with E-state index >= 15 is 0 Å². The maximum Gasteiger partial charge on any atom is 0.416 e. The Morgan fingerprint density at radius 1 is 1.00 bits per heavy atom. The molecule has 0 aliphatic carbocycles. The Kier molecular flexibility index (Phi) is 4.70. The Morgan fingerprint density at radius 3 is 2.28 bits per heavy atom. The second-order valence-corrected chi connectivity index (χ2v) is 5.60. The molecule has 128 valence electrons. The summed E-state index contributed by atoms with van der Waals surface area (Å²) in [6.07, 6.45) is -2.10. The van der Waals surface area contributed by atoms with Gasteiger partial charge in [0.15, 0.2) is 0 Å². The van der Waals surface area contributed by atoms with Crippen LogP contribution in [0.4, 0.5) is 13.2 Å². The number of halogens is 3. The van der Waals surface area contributed by atoms with Crippen LogP contribution in [0.25, 0.3) is 11.3 Å². The molecular weight excluding hydrogens is 327 g/mol. The molecule has 0 fully saturated rings. The number of nitrogens with zero attached hydrogens (tertiary/aromatic N) is 3. The Morgan fingerprint density at radius 2 is 1.68 bits per heavy atom.